The average molecular weight is 341 g/mol. The van der Waals surface area contributed by atoms with Crippen molar-refractivity contribution in [3.8, 4) is 0 Å². The van der Waals surface area contributed by atoms with Crippen molar-refractivity contribution in [3.05, 3.63) is 49.2 Å². The van der Waals surface area contributed by atoms with Crippen molar-refractivity contribution in [1.29, 1.82) is 0 Å². The van der Waals surface area contributed by atoms with Gasteiger partial charge in [0.15, 0.2) is 0 Å². The molecule has 6 heteroatoms. The summed E-state index contributed by atoms with van der Waals surface area (Å²) >= 11 is 0. The number of benzene rings is 1. The second kappa shape index (κ2) is 7.63. The van der Waals surface area contributed by atoms with Crippen molar-refractivity contribution in [2.24, 2.45) is 0 Å². The van der Waals surface area contributed by atoms with Crippen LogP contribution in [0.25, 0.3) is 0 Å². The summed E-state index contributed by atoms with van der Waals surface area (Å²) in [6, 6.07) is 7.94. The van der Waals surface area contributed by atoms with Gasteiger partial charge in [0.05, 0.1) is 0 Å². The summed E-state index contributed by atoms with van der Waals surface area (Å²) in [5, 5.41) is 1.02. The van der Waals surface area contributed by atoms with Crippen molar-refractivity contribution in [3.63, 3.8) is 0 Å². The molecule has 1 aromatic carbocycles. The van der Waals surface area contributed by atoms with Gasteiger partial charge in [-0.25, -0.2) is 0 Å². The second-order valence-corrected chi connectivity index (χ2v) is 9.82. The molecular formula is C17H22F3NOSi. The number of carbonyl (C=O) groups is 1. The smallest absolute Gasteiger partial charge is 0.312 e. The zero-order chi connectivity index (χ0) is 17.7. The Morgan fingerprint density at radius 1 is 1.35 bits per heavy atom. The van der Waals surface area contributed by atoms with Gasteiger partial charge in [0.2, 0.25) is 5.91 Å². The van der Waals surface area contributed by atoms with Gasteiger partial charge in [0.1, 0.15) is 14.5 Å². The Morgan fingerprint density at radius 3 is 2.48 bits per heavy atom. The number of carbonyl (C=O) groups excluding carboxylic acids is 1. The minimum absolute atomic E-state index is 0.187. The monoisotopic (exact) mass is 341 g/mol. The lowest BCUT2D eigenvalue weighted by atomic mass is 10.2. The summed E-state index contributed by atoms with van der Waals surface area (Å²) in [4.78, 5) is 13.1. The lowest BCUT2D eigenvalue weighted by Crippen LogP contribution is -2.43. The topological polar surface area (TPSA) is 20.3 Å². The van der Waals surface area contributed by atoms with E-state index in [0.29, 0.717) is 5.69 Å². The molecule has 0 aliphatic heterocycles. The van der Waals surface area contributed by atoms with Gasteiger partial charge in [-0.2, -0.15) is 13.2 Å². The van der Waals surface area contributed by atoms with Gasteiger partial charge in [-0.3, -0.25) is 4.79 Å². The van der Waals surface area contributed by atoms with E-state index in [-0.39, 0.29) is 6.54 Å². The highest BCUT2D eigenvalue weighted by atomic mass is 28.3. The number of hydrogen-bond donors (Lipinski definition) is 0. The quantitative estimate of drug-likeness (QED) is 0.538. The molecule has 1 atom stereocenters. The lowest BCUT2D eigenvalue weighted by molar-refractivity contribution is -0.151. The second-order valence-electron chi connectivity index (χ2n) is 5.59. The molecule has 0 spiro atoms. The largest absolute Gasteiger partial charge is 0.397 e. The fraction of sp³-hybridized carbons (Fsp3) is 0.353. The molecule has 1 amide bonds. The van der Waals surface area contributed by atoms with Crippen LogP contribution >= 0.6 is 0 Å². The van der Waals surface area contributed by atoms with Crippen LogP contribution in [0.4, 0.5) is 18.9 Å². The Hall–Kier alpha value is -1.82. The molecule has 23 heavy (non-hydrogen) atoms. The highest BCUT2D eigenvalue weighted by molar-refractivity contribution is 6.95. The maximum Gasteiger partial charge on any atom is 0.397 e. The number of amides is 1. The number of anilines is 1. The summed E-state index contributed by atoms with van der Waals surface area (Å²) in [5.41, 5.74) is 2.41. The van der Waals surface area contributed by atoms with Crippen LogP contribution in [-0.2, 0) is 4.79 Å². The van der Waals surface area contributed by atoms with Gasteiger partial charge >= 0.3 is 6.18 Å². The standard InChI is InChI=1S/C17H22F3NOSi/c1-5-11-23(4,7-3)15-10-8-9-14(12-15)21(6-2)16(22)13-17(18,19)20/h5,7-10,12H,1,3,6,11,13H2,2,4H3. The fourth-order valence-electron chi connectivity index (χ4n) is 2.42. The predicted octanol–water partition coefficient (Wildman–Crippen LogP) is 4.19. The van der Waals surface area contributed by atoms with Crippen molar-refractivity contribution in [2.45, 2.75) is 32.1 Å². The average Bonchev–Trinajstić information content (AvgIpc) is 2.46. The van der Waals surface area contributed by atoms with Crippen LogP contribution < -0.4 is 10.1 Å². The zero-order valence-corrected chi connectivity index (χ0v) is 14.5. The Kier molecular flexibility index (Phi) is 6.38. The van der Waals surface area contributed by atoms with E-state index < -0.39 is 26.6 Å². The van der Waals surface area contributed by atoms with Gasteiger partial charge in [-0.1, -0.05) is 35.6 Å². The normalized spacial score (nSPS) is 14.0. The van der Waals surface area contributed by atoms with Gasteiger partial charge in [0, 0.05) is 12.2 Å². The molecule has 0 aliphatic rings. The van der Waals surface area contributed by atoms with Gasteiger partial charge < -0.3 is 4.90 Å². The highest BCUT2D eigenvalue weighted by Crippen LogP contribution is 2.24. The SMILES string of the molecule is C=CC[Si](C)(C=C)c1cccc(N(CC)C(=O)CC(F)(F)F)c1. The molecule has 0 aromatic heterocycles. The minimum atomic E-state index is -4.50. The lowest BCUT2D eigenvalue weighted by Gasteiger charge is -2.26. The minimum Gasteiger partial charge on any atom is -0.312 e. The van der Waals surface area contributed by atoms with E-state index in [2.05, 4.69) is 19.7 Å². The van der Waals surface area contributed by atoms with E-state index >= 15 is 0 Å². The first-order chi connectivity index (χ1) is 10.7. The third kappa shape index (κ3) is 5.09. The van der Waals surface area contributed by atoms with E-state index in [1.54, 1.807) is 25.1 Å². The zero-order valence-electron chi connectivity index (χ0n) is 13.5. The summed E-state index contributed by atoms with van der Waals surface area (Å²) in [6.07, 6.45) is -4.13. The first-order valence-electron chi connectivity index (χ1n) is 7.39. The number of alkyl halides is 3. The molecule has 0 saturated heterocycles. The first kappa shape index (κ1) is 19.2. The fourth-order valence-corrected chi connectivity index (χ4v) is 4.61. The van der Waals surface area contributed by atoms with Gasteiger partial charge in [0.25, 0.3) is 0 Å². The molecule has 0 heterocycles. The van der Waals surface area contributed by atoms with Crippen molar-refractivity contribution < 1.29 is 18.0 Å². The number of halogens is 3. The van der Waals surface area contributed by atoms with E-state index in [1.165, 1.54) is 4.90 Å². The summed E-state index contributed by atoms with van der Waals surface area (Å²) in [6.45, 7) is 11.6. The number of hydrogen-bond acceptors (Lipinski definition) is 1. The first-order valence-corrected chi connectivity index (χ1v) is 10.2. The molecule has 0 fully saturated rings. The molecule has 2 nitrogen and oxygen atoms in total. The Balaban J connectivity index is 3.17. The molecule has 126 valence electrons. The molecule has 0 N–H and O–H groups in total. The molecule has 1 aromatic rings. The third-order valence-corrected chi connectivity index (χ3v) is 7.47. The van der Waals surface area contributed by atoms with Crippen LogP contribution in [0.3, 0.4) is 0 Å². The third-order valence-electron chi connectivity index (χ3n) is 3.81. The van der Waals surface area contributed by atoms with E-state index in [9.17, 15) is 18.0 Å². The van der Waals surface area contributed by atoms with Crippen LogP contribution in [0.15, 0.2) is 49.2 Å². The van der Waals surface area contributed by atoms with Crippen LogP contribution in [-0.4, -0.2) is 26.7 Å². The van der Waals surface area contributed by atoms with Crippen molar-refractivity contribution >= 4 is 24.9 Å². The van der Waals surface area contributed by atoms with Crippen LogP contribution in [0.2, 0.25) is 12.6 Å². The summed E-state index contributed by atoms with van der Waals surface area (Å²) in [7, 11) is -1.99. The molecule has 1 rings (SSSR count). The molecule has 0 radical (unpaired) electrons. The van der Waals surface area contributed by atoms with Crippen LogP contribution in [0.5, 0.6) is 0 Å². The van der Waals surface area contributed by atoms with E-state index in [0.717, 1.165) is 11.2 Å². The highest BCUT2D eigenvalue weighted by Gasteiger charge is 2.34. The van der Waals surface area contributed by atoms with Gasteiger partial charge in [-0.15, -0.1) is 13.2 Å². The Labute approximate surface area is 136 Å². The van der Waals surface area contributed by atoms with Crippen molar-refractivity contribution in [2.75, 3.05) is 11.4 Å². The van der Waals surface area contributed by atoms with Crippen LogP contribution in [0.1, 0.15) is 13.3 Å². The maximum atomic E-state index is 12.5. The molecule has 0 bridgehead atoms. The van der Waals surface area contributed by atoms with E-state index in [1.807, 2.05) is 17.8 Å². The number of allylic oxidation sites excluding steroid dienone is 1. The van der Waals surface area contributed by atoms with Crippen LogP contribution in [0, 0.1) is 0 Å². The van der Waals surface area contributed by atoms with Gasteiger partial charge in [-0.05, 0) is 25.1 Å². The summed E-state index contributed by atoms with van der Waals surface area (Å²) in [5.74, 6) is -0.942. The predicted molar refractivity (Wildman–Crippen MR) is 91.6 cm³/mol. The molecular weight excluding hydrogens is 319 g/mol. The molecule has 1 unspecified atom stereocenters. The van der Waals surface area contributed by atoms with E-state index in [4.69, 9.17) is 0 Å². The molecule has 0 saturated carbocycles. The number of rotatable bonds is 7. The molecule has 0 aliphatic carbocycles. The van der Waals surface area contributed by atoms with Crippen molar-refractivity contribution in [1.82, 2.24) is 0 Å². The Bertz CT molecular complexity index is 585. The summed E-state index contributed by atoms with van der Waals surface area (Å²) < 4.78 is 37.4. The maximum absolute atomic E-state index is 12.5. The Morgan fingerprint density at radius 2 is 2.00 bits per heavy atom. The number of nitrogens with zero attached hydrogens (tertiary/aromatic N) is 1.